The molecule has 1 fully saturated rings. The molecule has 2 aromatic rings. The van der Waals surface area contributed by atoms with Crippen molar-refractivity contribution in [3.8, 4) is 5.75 Å². The molecule has 2 aliphatic rings. The predicted octanol–water partition coefficient (Wildman–Crippen LogP) is 2.73. The van der Waals surface area contributed by atoms with Crippen LogP contribution in [0.4, 0.5) is 5.69 Å². The Morgan fingerprint density at radius 2 is 1.88 bits per heavy atom. The molecule has 172 valence electrons. The monoisotopic (exact) mass is 457 g/mol. The van der Waals surface area contributed by atoms with Gasteiger partial charge in [0.15, 0.2) is 0 Å². The van der Waals surface area contributed by atoms with Crippen LogP contribution in [0.15, 0.2) is 57.8 Å². The molecule has 0 bridgehead atoms. The maximum absolute atomic E-state index is 12.4. The molecule has 0 unspecified atom stereocenters. The SMILES string of the molecule is CN1C(NNCCCOc2cccc(CN3CCCCC3)c2)=NS(=O)(=O)c2ccccc21. The van der Waals surface area contributed by atoms with Crippen molar-refractivity contribution in [1.29, 1.82) is 0 Å². The highest BCUT2D eigenvalue weighted by Gasteiger charge is 2.28. The summed E-state index contributed by atoms with van der Waals surface area (Å²) in [6.07, 6.45) is 4.68. The standard InChI is InChI=1S/C23H31N5O3S/c1-27-21-11-3-4-12-22(21)32(29,30)26-23(27)25-24-13-8-16-31-20-10-7-9-19(17-20)18-28-14-5-2-6-15-28/h3-4,7,9-12,17,24H,2,5-6,8,13-16,18H2,1H3,(H,25,26). The van der Waals surface area contributed by atoms with Crippen molar-refractivity contribution in [3.63, 3.8) is 0 Å². The summed E-state index contributed by atoms with van der Waals surface area (Å²) in [6.45, 7) is 4.49. The summed E-state index contributed by atoms with van der Waals surface area (Å²) in [7, 11) is -1.93. The summed E-state index contributed by atoms with van der Waals surface area (Å²) in [5.41, 5.74) is 7.82. The first kappa shape index (κ1) is 22.6. The summed E-state index contributed by atoms with van der Waals surface area (Å²) in [4.78, 5) is 4.43. The van der Waals surface area contributed by atoms with Crippen molar-refractivity contribution in [2.75, 3.05) is 38.2 Å². The Morgan fingerprint density at radius 3 is 2.72 bits per heavy atom. The van der Waals surface area contributed by atoms with Crippen LogP contribution in [0.3, 0.4) is 0 Å². The molecule has 0 radical (unpaired) electrons. The normalized spacial score (nSPS) is 18.0. The van der Waals surface area contributed by atoms with Gasteiger partial charge in [0.25, 0.3) is 10.0 Å². The van der Waals surface area contributed by atoms with Crippen molar-refractivity contribution in [2.45, 2.75) is 37.1 Å². The van der Waals surface area contributed by atoms with Crippen molar-refractivity contribution < 1.29 is 13.2 Å². The van der Waals surface area contributed by atoms with Crippen molar-refractivity contribution in [2.24, 2.45) is 4.40 Å². The third-order valence-electron chi connectivity index (χ3n) is 5.70. The molecule has 2 N–H and O–H groups in total. The molecular formula is C23H31N5O3S. The van der Waals surface area contributed by atoms with Crippen LogP contribution in [0.2, 0.25) is 0 Å². The lowest BCUT2D eigenvalue weighted by molar-refractivity contribution is 0.220. The summed E-state index contributed by atoms with van der Waals surface area (Å²) >= 11 is 0. The van der Waals surface area contributed by atoms with Crippen LogP contribution in [0.25, 0.3) is 0 Å². The maximum atomic E-state index is 12.4. The van der Waals surface area contributed by atoms with Crippen LogP contribution < -0.4 is 20.5 Å². The van der Waals surface area contributed by atoms with Crippen LogP contribution in [0.5, 0.6) is 5.75 Å². The Balaban J connectivity index is 1.20. The number of piperidine rings is 1. The molecule has 32 heavy (non-hydrogen) atoms. The second kappa shape index (κ2) is 10.3. The van der Waals surface area contributed by atoms with Gasteiger partial charge in [-0.3, -0.25) is 10.3 Å². The molecule has 4 rings (SSSR count). The largest absolute Gasteiger partial charge is 0.494 e. The zero-order chi connectivity index (χ0) is 22.4. The van der Waals surface area contributed by atoms with Gasteiger partial charge < -0.3 is 9.64 Å². The van der Waals surface area contributed by atoms with E-state index >= 15 is 0 Å². The minimum Gasteiger partial charge on any atom is -0.494 e. The smallest absolute Gasteiger partial charge is 0.287 e. The minimum absolute atomic E-state index is 0.212. The van der Waals surface area contributed by atoms with Gasteiger partial charge in [0, 0.05) is 20.1 Å². The lowest BCUT2D eigenvalue weighted by atomic mass is 10.1. The molecule has 8 nitrogen and oxygen atoms in total. The molecular weight excluding hydrogens is 426 g/mol. The number of para-hydroxylation sites is 1. The number of benzene rings is 2. The highest BCUT2D eigenvalue weighted by Crippen LogP contribution is 2.29. The lowest BCUT2D eigenvalue weighted by Crippen LogP contribution is -2.49. The van der Waals surface area contributed by atoms with Gasteiger partial charge in [0.1, 0.15) is 10.6 Å². The van der Waals surface area contributed by atoms with Gasteiger partial charge in [-0.15, -0.1) is 4.40 Å². The Labute approximate surface area is 190 Å². The zero-order valence-corrected chi connectivity index (χ0v) is 19.3. The topological polar surface area (TPSA) is 86.3 Å². The van der Waals surface area contributed by atoms with E-state index in [4.69, 9.17) is 4.74 Å². The van der Waals surface area contributed by atoms with Gasteiger partial charge >= 0.3 is 0 Å². The van der Waals surface area contributed by atoms with Gasteiger partial charge in [0.2, 0.25) is 5.96 Å². The summed E-state index contributed by atoms with van der Waals surface area (Å²) < 4.78 is 34.5. The van der Waals surface area contributed by atoms with E-state index in [0.717, 1.165) is 18.7 Å². The fourth-order valence-electron chi connectivity index (χ4n) is 4.00. The molecule has 0 atom stereocenters. The number of guanidine groups is 1. The van der Waals surface area contributed by atoms with E-state index in [1.54, 1.807) is 36.2 Å². The highest BCUT2D eigenvalue weighted by atomic mass is 32.2. The molecule has 2 aromatic carbocycles. The number of hydrogen-bond donors (Lipinski definition) is 2. The van der Waals surface area contributed by atoms with Gasteiger partial charge in [-0.2, -0.15) is 8.42 Å². The Morgan fingerprint density at radius 1 is 1.06 bits per heavy atom. The molecule has 1 saturated heterocycles. The van der Waals surface area contributed by atoms with E-state index in [9.17, 15) is 8.42 Å². The number of nitrogens with one attached hydrogen (secondary N) is 2. The molecule has 0 saturated carbocycles. The number of ether oxygens (including phenoxy) is 1. The van der Waals surface area contributed by atoms with E-state index < -0.39 is 10.0 Å². The number of sulfonamides is 1. The number of anilines is 1. The van der Waals surface area contributed by atoms with Crippen molar-refractivity contribution in [1.82, 2.24) is 15.8 Å². The minimum atomic E-state index is -3.71. The van der Waals surface area contributed by atoms with E-state index in [1.165, 1.54) is 37.9 Å². The number of hydrogen-bond acceptors (Lipinski definition) is 7. The van der Waals surface area contributed by atoms with Crippen LogP contribution >= 0.6 is 0 Å². The number of likely N-dealkylation sites (tertiary alicyclic amines) is 1. The number of nitrogens with zero attached hydrogens (tertiary/aromatic N) is 3. The Kier molecular flexibility index (Phi) is 7.29. The third-order valence-corrected chi connectivity index (χ3v) is 7.01. The third kappa shape index (κ3) is 5.59. The highest BCUT2D eigenvalue weighted by molar-refractivity contribution is 7.90. The van der Waals surface area contributed by atoms with Crippen LogP contribution in [0, 0.1) is 0 Å². The molecule has 0 amide bonds. The first-order valence-electron chi connectivity index (χ1n) is 11.1. The van der Waals surface area contributed by atoms with E-state index in [-0.39, 0.29) is 10.9 Å². The Hall–Kier alpha value is -2.62. The van der Waals surface area contributed by atoms with Gasteiger partial charge in [-0.1, -0.05) is 30.7 Å². The van der Waals surface area contributed by atoms with Crippen LogP contribution in [-0.2, 0) is 16.6 Å². The van der Waals surface area contributed by atoms with Gasteiger partial charge in [-0.05, 0) is 62.2 Å². The zero-order valence-electron chi connectivity index (χ0n) is 18.5. The summed E-state index contributed by atoms with van der Waals surface area (Å²) in [5.74, 6) is 1.13. The second-order valence-corrected chi connectivity index (χ2v) is 9.73. The quantitative estimate of drug-likeness (QED) is 0.466. The number of fused-ring (bicyclic) bond motifs is 1. The van der Waals surface area contributed by atoms with Gasteiger partial charge in [-0.25, -0.2) is 5.43 Å². The van der Waals surface area contributed by atoms with Crippen molar-refractivity contribution in [3.05, 3.63) is 54.1 Å². The average Bonchev–Trinajstić information content (AvgIpc) is 2.80. The average molecular weight is 458 g/mol. The van der Waals surface area contributed by atoms with Crippen LogP contribution in [0.1, 0.15) is 31.2 Å². The summed E-state index contributed by atoms with van der Waals surface area (Å²) in [6, 6.07) is 15.1. The molecule has 0 spiro atoms. The number of rotatable bonds is 8. The van der Waals surface area contributed by atoms with E-state index in [0.29, 0.717) is 18.8 Å². The second-order valence-electron chi connectivity index (χ2n) is 8.15. The van der Waals surface area contributed by atoms with E-state index in [1.807, 2.05) is 12.1 Å². The molecule has 2 heterocycles. The van der Waals surface area contributed by atoms with Crippen molar-refractivity contribution >= 4 is 21.7 Å². The first-order valence-corrected chi connectivity index (χ1v) is 12.6. The first-order chi connectivity index (χ1) is 15.5. The molecule has 0 aliphatic carbocycles. The Bertz CT molecular complexity index is 1050. The predicted molar refractivity (Wildman–Crippen MR) is 126 cm³/mol. The molecule has 2 aliphatic heterocycles. The van der Waals surface area contributed by atoms with Gasteiger partial charge in [0.05, 0.1) is 12.3 Å². The fourth-order valence-corrected chi connectivity index (χ4v) is 5.21. The maximum Gasteiger partial charge on any atom is 0.287 e. The molecule has 9 heteroatoms. The lowest BCUT2D eigenvalue weighted by Gasteiger charge is -2.27. The van der Waals surface area contributed by atoms with E-state index in [2.05, 4.69) is 32.3 Å². The molecule has 0 aromatic heterocycles. The van der Waals surface area contributed by atoms with Crippen LogP contribution in [-0.4, -0.2) is 52.6 Å². The fraction of sp³-hybridized carbons (Fsp3) is 0.435. The number of hydrazine groups is 1. The summed E-state index contributed by atoms with van der Waals surface area (Å²) in [5, 5.41) is 0.